The summed E-state index contributed by atoms with van der Waals surface area (Å²) in [5.74, 6) is 0.816. The van der Waals surface area contributed by atoms with Gasteiger partial charge >= 0.3 is 6.03 Å². The maximum absolute atomic E-state index is 12.9. The number of rotatable bonds is 8. The van der Waals surface area contributed by atoms with Crippen molar-refractivity contribution >= 4 is 33.9 Å². The number of nitrogens with zero attached hydrogens (tertiary/aromatic N) is 1. The third kappa shape index (κ3) is 5.66. The van der Waals surface area contributed by atoms with E-state index >= 15 is 0 Å². The van der Waals surface area contributed by atoms with E-state index in [9.17, 15) is 9.59 Å². The lowest BCUT2D eigenvalue weighted by Crippen LogP contribution is -2.30. The normalized spacial score (nSPS) is 14.4. The monoisotopic (exact) mass is 520 g/mol. The highest BCUT2D eigenvalue weighted by Gasteiger charge is 2.33. The summed E-state index contributed by atoms with van der Waals surface area (Å²) in [7, 11) is 0. The van der Waals surface area contributed by atoms with Crippen molar-refractivity contribution in [3.63, 3.8) is 0 Å². The second kappa shape index (κ2) is 10.6. The highest BCUT2D eigenvalue weighted by Crippen LogP contribution is 2.30. The molecule has 0 atom stereocenters. The Kier molecular flexibility index (Phi) is 7.33. The number of hydrogen-bond donors (Lipinski definition) is 1. The fraction of sp³-hybridized carbons (Fsp3) is 0.185. The first-order chi connectivity index (χ1) is 16.4. The van der Waals surface area contributed by atoms with E-state index < -0.39 is 6.03 Å². The minimum absolute atomic E-state index is 0.218. The average Bonchev–Trinajstić information content (AvgIpc) is 3.08. The van der Waals surface area contributed by atoms with Gasteiger partial charge in [0.25, 0.3) is 5.91 Å². The van der Waals surface area contributed by atoms with E-state index in [-0.39, 0.29) is 18.1 Å². The minimum atomic E-state index is -0.434. The molecule has 4 rings (SSSR count). The summed E-state index contributed by atoms with van der Waals surface area (Å²) < 4.78 is 12.7. The predicted octanol–water partition coefficient (Wildman–Crippen LogP) is 5.83. The molecule has 174 valence electrons. The van der Waals surface area contributed by atoms with Crippen LogP contribution < -0.4 is 14.8 Å². The van der Waals surface area contributed by atoms with Crippen LogP contribution in [0.4, 0.5) is 4.79 Å². The molecule has 0 bridgehead atoms. The van der Waals surface area contributed by atoms with E-state index in [2.05, 4.69) is 21.2 Å². The van der Waals surface area contributed by atoms with Crippen molar-refractivity contribution in [2.75, 3.05) is 6.61 Å². The maximum atomic E-state index is 12.9. The second-order valence-corrected chi connectivity index (χ2v) is 8.84. The molecule has 3 amide bonds. The van der Waals surface area contributed by atoms with Crippen molar-refractivity contribution in [3.05, 3.63) is 99.2 Å². The molecule has 1 fully saturated rings. The summed E-state index contributed by atoms with van der Waals surface area (Å²) in [6, 6.07) is 20.7. The second-order valence-electron chi connectivity index (χ2n) is 7.92. The van der Waals surface area contributed by atoms with Crippen LogP contribution in [-0.2, 0) is 17.9 Å². The van der Waals surface area contributed by atoms with Crippen LogP contribution in [0.25, 0.3) is 6.08 Å². The molecule has 1 aliphatic heterocycles. The number of halogens is 1. The van der Waals surface area contributed by atoms with Gasteiger partial charge in [0.1, 0.15) is 12.3 Å². The Morgan fingerprint density at radius 2 is 1.62 bits per heavy atom. The van der Waals surface area contributed by atoms with Gasteiger partial charge in [-0.05, 0) is 60.9 Å². The number of benzene rings is 3. The molecule has 6 nitrogen and oxygen atoms in total. The average molecular weight is 521 g/mol. The van der Waals surface area contributed by atoms with Gasteiger partial charge in [-0.2, -0.15) is 0 Å². The SMILES string of the molecule is CCOc1cc(/C=C2/NC(=O)N(Cc3ccc(C)cc3)C2=O)ccc1OCc1ccc(Br)cc1. The zero-order valence-corrected chi connectivity index (χ0v) is 20.6. The zero-order valence-electron chi connectivity index (χ0n) is 19.0. The maximum Gasteiger partial charge on any atom is 0.329 e. The fourth-order valence-corrected chi connectivity index (χ4v) is 3.77. The number of urea groups is 1. The fourth-order valence-electron chi connectivity index (χ4n) is 3.50. The van der Waals surface area contributed by atoms with E-state index in [0.29, 0.717) is 24.7 Å². The van der Waals surface area contributed by atoms with Crippen molar-refractivity contribution in [2.24, 2.45) is 0 Å². The number of hydrogen-bond acceptors (Lipinski definition) is 4. The van der Waals surface area contributed by atoms with E-state index in [4.69, 9.17) is 9.47 Å². The quantitative estimate of drug-likeness (QED) is 0.299. The van der Waals surface area contributed by atoms with Crippen LogP contribution in [0, 0.1) is 6.92 Å². The highest BCUT2D eigenvalue weighted by atomic mass is 79.9. The van der Waals surface area contributed by atoms with E-state index in [1.54, 1.807) is 12.1 Å². The standard InChI is InChI=1S/C27H25BrN2O4/c1-3-33-25-15-21(10-13-24(25)34-17-20-8-11-22(28)12-9-20)14-23-26(31)30(27(32)29-23)16-19-6-4-18(2)5-7-19/h4-15H,3,16-17H2,1-2H3,(H,29,32)/b23-14+. The Labute approximate surface area is 207 Å². The van der Waals surface area contributed by atoms with Gasteiger partial charge in [0.05, 0.1) is 13.2 Å². The first-order valence-electron chi connectivity index (χ1n) is 11.0. The Morgan fingerprint density at radius 1 is 0.912 bits per heavy atom. The Bertz CT molecular complexity index is 1220. The molecule has 3 aromatic carbocycles. The lowest BCUT2D eigenvalue weighted by molar-refractivity contribution is -0.123. The van der Waals surface area contributed by atoms with E-state index in [0.717, 1.165) is 26.7 Å². The molecule has 0 aliphatic carbocycles. The van der Waals surface area contributed by atoms with Gasteiger partial charge in [0, 0.05) is 4.47 Å². The summed E-state index contributed by atoms with van der Waals surface area (Å²) >= 11 is 3.43. The topological polar surface area (TPSA) is 67.9 Å². The predicted molar refractivity (Wildman–Crippen MR) is 134 cm³/mol. The van der Waals surface area contributed by atoms with E-state index in [1.165, 1.54) is 4.90 Å². The number of ether oxygens (including phenoxy) is 2. The van der Waals surface area contributed by atoms with Gasteiger partial charge in [-0.25, -0.2) is 4.79 Å². The van der Waals surface area contributed by atoms with Crippen LogP contribution in [0.3, 0.4) is 0 Å². The third-order valence-electron chi connectivity index (χ3n) is 5.31. The van der Waals surface area contributed by atoms with Gasteiger partial charge in [-0.1, -0.05) is 64.0 Å². The molecule has 0 radical (unpaired) electrons. The first kappa shape index (κ1) is 23.6. The summed E-state index contributed by atoms with van der Waals surface area (Å²) in [6.45, 7) is 4.97. The largest absolute Gasteiger partial charge is 0.490 e. The lowest BCUT2D eigenvalue weighted by Gasteiger charge is -2.13. The summed E-state index contributed by atoms with van der Waals surface area (Å²) in [6.07, 6.45) is 1.65. The molecular formula is C27H25BrN2O4. The highest BCUT2D eigenvalue weighted by molar-refractivity contribution is 9.10. The number of aryl methyl sites for hydroxylation is 1. The summed E-state index contributed by atoms with van der Waals surface area (Å²) in [5.41, 5.74) is 3.99. The Balaban J connectivity index is 1.49. The van der Waals surface area contributed by atoms with Crippen molar-refractivity contribution in [3.8, 4) is 11.5 Å². The molecule has 1 heterocycles. The number of amides is 3. The van der Waals surface area contributed by atoms with Crippen LogP contribution in [0.5, 0.6) is 11.5 Å². The molecular weight excluding hydrogens is 496 g/mol. The first-order valence-corrected chi connectivity index (χ1v) is 11.8. The van der Waals surface area contributed by atoms with Crippen LogP contribution in [0.1, 0.15) is 29.2 Å². The molecule has 1 N–H and O–H groups in total. The Morgan fingerprint density at radius 3 is 2.32 bits per heavy atom. The molecule has 0 spiro atoms. The zero-order chi connectivity index (χ0) is 24.1. The molecule has 0 aromatic heterocycles. The molecule has 34 heavy (non-hydrogen) atoms. The number of imide groups is 1. The van der Waals surface area contributed by atoms with Crippen molar-refractivity contribution < 1.29 is 19.1 Å². The summed E-state index contributed by atoms with van der Waals surface area (Å²) in [5, 5.41) is 2.67. The molecule has 0 unspecified atom stereocenters. The van der Waals surface area contributed by atoms with Gasteiger partial charge in [0.2, 0.25) is 0 Å². The lowest BCUT2D eigenvalue weighted by atomic mass is 10.1. The van der Waals surface area contributed by atoms with Gasteiger partial charge in [0.15, 0.2) is 11.5 Å². The third-order valence-corrected chi connectivity index (χ3v) is 5.84. The van der Waals surface area contributed by atoms with Gasteiger partial charge in [-0.3, -0.25) is 9.69 Å². The van der Waals surface area contributed by atoms with Crippen molar-refractivity contribution in [2.45, 2.75) is 27.0 Å². The molecule has 1 aliphatic rings. The van der Waals surface area contributed by atoms with Crippen LogP contribution in [0.15, 0.2) is 76.9 Å². The Hall–Kier alpha value is -3.58. The number of carbonyl (C=O) groups is 2. The molecule has 1 saturated heterocycles. The summed E-state index contributed by atoms with van der Waals surface area (Å²) in [4.78, 5) is 26.5. The van der Waals surface area contributed by atoms with Crippen LogP contribution in [-0.4, -0.2) is 23.4 Å². The van der Waals surface area contributed by atoms with Gasteiger partial charge in [-0.15, -0.1) is 0 Å². The van der Waals surface area contributed by atoms with Crippen LogP contribution in [0.2, 0.25) is 0 Å². The van der Waals surface area contributed by atoms with Crippen molar-refractivity contribution in [1.29, 1.82) is 0 Å². The molecule has 0 saturated carbocycles. The van der Waals surface area contributed by atoms with Crippen molar-refractivity contribution in [1.82, 2.24) is 10.2 Å². The number of nitrogens with one attached hydrogen (secondary N) is 1. The van der Waals surface area contributed by atoms with Gasteiger partial charge < -0.3 is 14.8 Å². The minimum Gasteiger partial charge on any atom is -0.490 e. The van der Waals surface area contributed by atoms with E-state index in [1.807, 2.05) is 74.5 Å². The molecule has 7 heteroatoms. The van der Waals surface area contributed by atoms with Crippen LogP contribution >= 0.6 is 15.9 Å². The smallest absolute Gasteiger partial charge is 0.329 e. The number of carbonyl (C=O) groups excluding carboxylic acids is 2. The molecule has 3 aromatic rings.